The van der Waals surface area contributed by atoms with Gasteiger partial charge in [0.2, 0.25) is 5.91 Å². The van der Waals surface area contributed by atoms with Crippen LogP contribution in [0.2, 0.25) is 5.02 Å². The van der Waals surface area contributed by atoms with Gasteiger partial charge in [-0.1, -0.05) is 29.8 Å². The van der Waals surface area contributed by atoms with E-state index in [1.54, 1.807) is 61.1 Å². The van der Waals surface area contributed by atoms with E-state index in [4.69, 9.17) is 16.3 Å². The van der Waals surface area contributed by atoms with Gasteiger partial charge in [0.25, 0.3) is 11.5 Å². The topological polar surface area (TPSA) is 106 Å². The van der Waals surface area contributed by atoms with Gasteiger partial charge in [-0.25, -0.2) is 4.68 Å². The van der Waals surface area contributed by atoms with Crippen molar-refractivity contribution in [1.82, 2.24) is 20.0 Å². The van der Waals surface area contributed by atoms with E-state index in [2.05, 4.69) is 16.0 Å². The second-order valence-corrected chi connectivity index (χ2v) is 8.27. The van der Waals surface area contributed by atoms with Crippen LogP contribution in [0.5, 0.6) is 5.75 Å². The lowest BCUT2D eigenvalue weighted by Crippen LogP contribution is -2.32. The van der Waals surface area contributed by atoms with Gasteiger partial charge in [-0.05, 0) is 43.3 Å². The third kappa shape index (κ3) is 5.15. The molecule has 180 valence electrons. The molecule has 0 bridgehead atoms. The van der Waals surface area contributed by atoms with Crippen molar-refractivity contribution in [1.29, 1.82) is 0 Å². The minimum atomic E-state index is -0.536. The average Bonchev–Trinajstić information content (AvgIpc) is 3.04. The lowest BCUT2D eigenvalue weighted by atomic mass is 10.2. The Hall–Kier alpha value is -4.24. The maximum atomic E-state index is 13.1. The van der Waals surface area contributed by atoms with Gasteiger partial charge in [0.15, 0.2) is 0 Å². The number of hydrogen-bond donors (Lipinski definition) is 3. The molecule has 1 aliphatic rings. The third-order valence-electron chi connectivity index (χ3n) is 5.39. The van der Waals surface area contributed by atoms with Crippen molar-refractivity contribution >= 4 is 29.1 Å². The first-order valence-corrected chi connectivity index (χ1v) is 11.2. The number of hydrogen-bond acceptors (Lipinski definition) is 5. The molecule has 2 amide bonds. The third-order valence-corrected chi connectivity index (χ3v) is 5.69. The molecule has 35 heavy (non-hydrogen) atoms. The Morgan fingerprint density at radius 2 is 1.86 bits per heavy atom. The quantitative estimate of drug-likeness (QED) is 0.489. The van der Waals surface area contributed by atoms with E-state index in [0.29, 0.717) is 40.9 Å². The highest BCUT2D eigenvalue weighted by atomic mass is 35.5. The number of nitrogens with zero attached hydrogens (tertiary/aromatic N) is 2. The molecule has 2 heterocycles. The van der Waals surface area contributed by atoms with E-state index in [0.717, 1.165) is 0 Å². The maximum absolute atomic E-state index is 13.1. The summed E-state index contributed by atoms with van der Waals surface area (Å²) in [5.41, 5.74) is 1.23. The molecule has 3 aromatic rings. The van der Waals surface area contributed by atoms with Crippen molar-refractivity contribution in [3.8, 4) is 11.4 Å². The Labute approximate surface area is 206 Å². The molecule has 10 heteroatoms. The Kier molecular flexibility index (Phi) is 6.79. The lowest BCUT2D eigenvalue weighted by Gasteiger charge is -2.17. The van der Waals surface area contributed by atoms with Crippen LogP contribution in [-0.4, -0.2) is 27.7 Å². The van der Waals surface area contributed by atoms with Crippen molar-refractivity contribution < 1.29 is 14.3 Å². The SMILES string of the molecule is CC(=O)NC1=CC(Oc2ccc(NC(=O)c3c(C)n(C)n(-c4ccccc4)c3=O)cc2Cl)=CCN1. The Morgan fingerprint density at radius 3 is 2.54 bits per heavy atom. The molecule has 9 nitrogen and oxygen atoms in total. The molecule has 0 atom stereocenters. The molecule has 0 saturated heterocycles. The number of amides is 2. The van der Waals surface area contributed by atoms with Crippen LogP contribution in [0.3, 0.4) is 0 Å². The fourth-order valence-electron chi connectivity index (χ4n) is 3.67. The highest BCUT2D eigenvalue weighted by Crippen LogP contribution is 2.30. The van der Waals surface area contributed by atoms with Gasteiger partial charge in [0.05, 0.1) is 16.4 Å². The number of para-hydroxylation sites is 1. The summed E-state index contributed by atoms with van der Waals surface area (Å²) < 4.78 is 8.93. The summed E-state index contributed by atoms with van der Waals surface area (Å²) in [6.45, 7) is 3.61. The number of allylic oxidation sites excluding steroid dienone is 1. The van der Waals surface area contributed by atoms with E-state index in [9.17, 15) is 14.4 Å². The predicted octanol–water partition coefficient (Wildman–Crippen LogP) is 3.23. The van der Waals surface area contributed by atoms with Crippen molar-refractivity contribution in [2.24, 2.45) is 7.05 Å². The molecule has 1 aromatic heterocycles. The molecule has 3 N–H and O–H groups in total. The smallest absolute Gasteiger partial charge is 0.284 e. The van der Waals surface area contributed by atoms with Gasteiger partial charge in [-0.15, -0.1) is 0 Å². The molecule has 0 unspecified atom stereocenters. The van der Waals surface area contributed by atoms with Crippen LogP contribution in [-0.2, 0) is 11.8 Å². The van der Waals surface area contributed by atoms with E-state index in [1.807, 2.05) is 18.2 Å². The Bertz CT molecular complexity index is 1420. The summed E-state index contributed by atoms with van der Waals surface area (Å²) in [5.74, 6) is 0.666. The number of rotatable bonds is 6. The van der Waals surface area contributed by atoms with Crippen LogP contribution in [0.4, 0.5) is 5.69 Å². The van der Waals surface area contributed by atoms with E-state index < -0.39 is 11.5 Å². The largest absolute Gasteiger partial charge is 0.456 e. The van der Waals surface area contributed by atoms with Crippen molar-refractivity contribution in [2.45, 2.75) is 13.8 Å². The molecule has 0 saturated carbocycles. The van der Waals surface area contributed by atoms with E-state index in [-0.39, 0.29) is 16.5 Å². The Balaban J connectivity index is 1.52. The number of nitrogens with one attached hydrogen (secondary N) is 3. The standard InChI is InChI=1S/C25H24ClN5O4/c1-15-23(25(34)31(30(15)3)18-7-5-4-6-8-18)24(33)29-17-9-10-21(20(26)13-17)35-19-11-12-27-22(14-19)28-16(2)32/h4-11,13-14,27H,12H2,1-3H3,(H,28,32)(H,29,33). The summed E-state index contributed by atoms with van der Waals surface area (Å²) >= 11 is 6.39. The second kappa shape index (κ2) is 9.94. The first kappa shape index (κ1) is 23.9. The molecule has 0 spiro atoms. The summed E-state index contributed by atoms with van der Waals surface area (Å²) in [7, 11) is 1.73. The highest BCUT2D eigenvalue weighted by molar-refractivity contribution is 6.32. The fraction of sp³-hybridized carbons (Fsp3) is 0.160. The number of dihydropyridines is 1. The number of ether oxygens (including phenoxy) is 1. The fourth-order valence-corrected chi connectivity index (χ4v) is 3.89. The van der Waals surface area contributed by atoms with Gasteiger partial charge >= 0.3 is 0 Å². The molecular formula is C25H24ClN5O4. The molecule has 2 aromatic carbocycles. The van der Waals surface area contributed by atoms with Gasteiger partial charge in [-0.2, -0.15) is 0 Å². The maximum Gasteiger partial charge on any atom is 0.284 e. The summed E-state index contributed by atoms with van der Waals surface area (Å²) in [6, 6.07) is 13.9. The summed E-state index contributed by atoms with van der Waals surface area (Å²) in [6.07, 6.45) is 3.44. The van der Waals surface area contributed by atoms with Crippen LogP contribution in [0.25, 0.3) is 5.69 Å². The van der Waals surface area contributed by atoms with Crippen molar-refractivity contribution in [3.63, 3.8) is 0 Å². The van der Waals surface area contributed by atoms with E-state index in [1.165, 1.54) is 11.6 Å². The zero-order chi connectivity index (χ0) is 25.1. The number of benzene rings is 2. The van der Waals surface area contributed by atoms with E-state index >= 15 is 0 Å². The van der Waals surface area contributed by atoms with Crippen molar-refractivity contribution in [2.75, 3.05) is 11.9 Å². The minimum Gasteiger partial charge on any atom is -0.456 e. The number of carbonyl (C=O) groups excluding carboxylic acids is 2. The molecule has 4 rings (SSSR count). The zero-order valence-electron chi connectivity index (χ0n) is 19.4. The number of halogens is 1. The van der Waals surface area contributed by atoms with Crippen LogP contribution < -0.4 is 26.2 Å². The van der Waals surface area contributed by atoms with Crippen LogP contribution in [0, 0.1) is 6.92 Å². The first-order valence-electron chi connectivity index (χ1n) is 10.8. The van der Waals surface area contributed by atoms with Gasteiger partial charge in [0.1, 0.15) is 22.9 Å². The van der Waals surface area contributed by atoms with Gasteiger partial charge in [-0.3, -0.25) is 19.1 Å². The molecule has 0 radical (unpaired) electrons. The summed E-state index contributed by atoms with van der Waals surface area (Å²) in [4.78, 5) is 37.4. The van der Waals surface area contributed by atoms with Crippen LogP contribution >= 0.6 is 11.6 Å². The van der Waals surface area contributed by atoms with Crippen LogP contribution in [0.1, 0.15) is 23.0 Å². The highest BCUT2D eigenvalue weighted by Gasteiger charge is 2.22. The first-order chi connectivity index (χ1) is 16.7. The monoisotopic (exact) mass is 493 g/mol. The molecule has 0 fully saturated rings. The zero-order valence-corrected chi connectivity index (χ0v) is 20.1. The molecule has 1 aliphatic heterocycles. The molecule has 0 aliphatic carbocycles. The van der Waals surface area contributed by atoms with Gasteiger partial charge < -0.3 is 20.7 Å². The van der Waals surface area contributed by atoms with Gasteiger partial charge in [0, 0.05) is 32.3 Å². The lowest BCUT2D eigenvalue weighted by molar-refractivity contribution is -0.118. The predicted molar refractivity (Wildman–Crippen MR) is 134 cm³/mol. The Morgan fingerprint density at radius 1 is 1.11 bits per heavy atom. The number of carbonyl (C=O) groups is 2. The average molecular weight is 494 g/mol. The second-order valence-electron chi connectivity index (χ2n) is 7.86. The summed E-state index contributed by atoms with van der Waals surface area (Å²) in [5, 5.41) is 8.69. The van der Waals surface area contributed by atoms with Crippen molar-refractivity contribution in [3.05, 3.63) is 98.9 Å². The number of aromatic nitrogens is 2. The normalized spacial score (nSPS) is 12.8. The molecular weight excluding hydrogens is 470 g/mol. The minimum absolute atomic E-state index is 0.0447. The number of anilines is 1. The van der Waals surface area contributed by atoms with Crippen LogP contribution in [0.15, 0.2) is 77.1 Å².